The number of carbonyl (C=O) groups excluding carboxylic acids is 2. The summed E-state index contributed by atoms with van der Waals surface area (Å²) in [7, 11) is 1.36. The van der Waals surface area contributed by atoms with Crippen LogP contribution in [0.4, 0.5) is 5.69 Å². The van der Waals surface area contributed by atoms with E-state index in [1.807, 2.05) is 18.2 Å². The molecule has 0 saturated heterocycles. The Bertz CT molecular complexity index is 1570. The second kappa shape index (κ2) is 13.4. The Morgan fingerprint density at radius 3 is 2.86 bits per heavy atom. The first-order valence-electron chi connectivity index (χ1n) is 13.6. The molecule has 42 heavy (non-hydrogen) atoms. The number of imidazole rings is 1. The molecule has 0 spiro atoms. The van der Waals surface area contributed by atoms with E-state index in [1.165, 1.54) is 24.2 Å². The molecule has 13 heteroatoms. The zero-order valence-electron chi connectivity index (χ0n) is 23.0. The van der Waals surface area contributed by atoms with Crippen LogP contribution in [0.1, 0.15) is 48.7 Å². The fourth-order valence-electron chi connectivity index (χ4n) is 4.92. The van der Waals surface area contributed by atoms with E-state index in [1.54, 1.807) is 30.5 Å². The minimum absolute atomic E-state index is 0.0456. The number of rotatable bonds is 7. The minimum Gasteiger partial charge on any atom is -0.469 e. The van der Waals surface area contributed by atoms with E-state index in [2.05, 4.69) is 36.1 Å². The Morgan fingerprint density at radius 2 is 2.07 bits per heavy atom. The lowest BCUT2D eigenvalue weighted by Crippen LogP contribution is -2.28. The first kappa shape index (κ1) is 29.0. The van der Waals surface area contributed by atoms with E-state index in [0.717, 1.165) is 41.8 Å². The topological polar surface area (TPSA) is 160 Å². The second-order valence-corrected chi connectivity index (χ2v) is 10.4. The number of halogens is 1. The van der Waals surface area contributed by atoms with Gasteiger partial charge in [0.1, 0.15) is 12.2 Å². The second-order valence-electron chi connectivity index (χ2n) is 9.98. The van der Waals surface area contributed by atoms with Crippen molar-refractivity contribution in [2.75, 3.05) is 19.0 Å². The first-order valence-corrected chi connectivity index (χ1v) is 13.9. The van der Waals surface area contributed by atoms with Crippen LogP contribution in [0.15, 0.2) is 55.0 Å². The molecule has 12 nitrogen and oxygen atoms in total. The van der Waals surface area contributed by atoms with Crippen molar-refractivity contribution < 1.29 is 19.4 Å². The van der Waals surface area contributed by atoms with Crippen LogP contribution in [0, 0.1) is 0 Å². The maximum absolute atomic E-state index is 13.1. The lowest BCUT2D eigenvalue weighted by Gasteiger charge is -2.22. The van der Waals surface area contributed by atoms with Gasteiger partial charge in [0.2, 0.25) is 5.91 Å². The lowest BCUT2D eigenvalue weighted by atomic mass is 10.0. The summed E-state index contributed by atoms with van der Waals surface area (Å²) in [6, 6.07) is 10.4. The van der Waals surface area contributed by atoms with Gasteiger partial charge in [0.15, 0.2) is 0 Å². The highest BCUT2D eigenvalue weighted by Crippen LogP contribution is 2.32. The fraction of sp³-hybridized carbons (Fsp3) is 0.310. The third-order valence-electron chi connectivity index (χ3n) is 7.07. The Balaban J connectivity index is 1.39. The van der Waals surface area contributed by atoms with Gasteiger partial charge in [-0.15, -0.1) is 5.10 Å². The molecule has 4 aromatic rings. The van der Waals surface area contributed by atoms with Gasteiger partial charge in [-0.05, 0) is 59.2 Å². The molecule has 1 aliphatic rings. The highest BCUT2D eigenvalue weighted by atomic mass is 35.5. The van der Waals surface area contributed by atoms with Gasteiger partial charge in [-0.1, -0.05) is 36.6 Å². The van der Waals surface area contributed by atoms with Gasteiger partial charge in [-0.25, -0.2) is 4.98 Å². The summed E-state index contributed by atoms with van der Waals surface area (Å²) in [6.45, 7) is -0.0456. The normalized spacial score (nSPS) is 17.0. The van der Waals surface area contributed by atoms with E-state index in [-0.39, 0.29) is 37.0 Å². The lowest BCUT2D eigenvalue weighted by molar-refractivity contribution is -0.139. The van der Waals surface area contributed by atoms with Crippen molar-refractivity contribution in [2.45, 2.75) is 44.2 Å². The van der Waals surface area contributed by atoms with Crippen LogP contribution in [0.5, 0.6) is 0 Å². The van der Waals surface area contributed by atoms with Crippen molar-refractivity contribution in [1.82, 2.24) is 35.5 Å². The van der Waals surface area contributed by atoms with Gasteiger partial charge in [-0.3, -0.25) is 9.59 Å². The van der Waals surface area contributed by atoms with Crippen molar-refractivity contribution in [3.63, 3.8) is 0 Å². The molecule has 2 aromatic heterocycles. The Labute approximate surface area is 247 Å². The monoisotopic (exact) mass is 590 g/mol. The molecule has 0 radical (unpaired) electrons. The Morgan fingerprint density at radius 1 is 1.21 bits per heavy atom. The molecular formula is C29H31ClN8O4. The third-order valence-corrected chi connectivity index (χ3v) is 7.30. The van der Waals surface area contributed by atoms with Crippen LogP contribution in [-0.4, -0.2) is 66.9 Å². The maximum Gasteiger partial charge on any atom is 0.309 e. The number of esters is 1. The van der Waals surface area contributed by atoms with Crippen LogP contribution >= 0.6 is 11.6 Å². The molecule has 1 aliphatic heterocycles. The highest BCUT2D eigenvalue weighted by molar-refractivity contribution is 6.30. The number of anilines is 1. The quantitative estimate of drug-likeness (QED) is 0.186. The number of nitrogens with one attached hydrogen (secondary N) is 3. The third kappa shape index (κ3) is 7.01. The molecular weight excluding hydrogens is 560 g/mol. The fourth-order valence-corrected chi connectivity index (χ4v) is 5.10. The van der Waals surface area contributed by atoms with Gasteiger partial charge in [-0.2, -0.15) is 4.68 Å². The number of H-pyrrole nitrogens is 1. The molecule has 2 bridgehead atoms. The largest absolute Gasteiger partial charge is 0.469 e. The van der Waals surface area contributed by atoms with E-state index >= 15 is 0 Å². The van der Waals surface area contributed by atoms with E-state index in [4.69, 9.17) is 16.3 Å². The zero-order chi connectivity index (χ0) is 29.5. The van der Waals surface area contributed by atoms with Gasteiger partial charge in [0.25, 0.3) is 0 Å². The Kier molecular flexibility index (Phi) is 9.25. The average Bonchev–Trinajstić information content (AvgIpc) is 3.70. The van der Waals surface area contributed by atoms with E-state index in [9.17, 15) is 14.7 Å². The summed E-state index contributed by atoms with van der Waals surface area (Å²) in [6.07, 6.45) is 9.45. The van der Waals surface area contributed by atoms with Crippen molar-refractivity contribution in [3.8, 4) is 16.9 Å². The SMILES string of the molecule is COC(=O)Cc1ccc2c(c1)N[C@@H](CO)CCCC[C@H](NC(=O)/C=C/c1cc(Cl)ccc1-n1cnnn1)c1ncc-2[nH]1. The van der Waals surface area contributed by atoms with Gasteiger partial charge >= 0.3 is 5.97 Å². The van der Waals surface area contributed by atoms with Gasteiger partial charge in [0, 0.05) is 34.0 Å². The summed E-state index contributed by atoms with van der Waals surface area (Å²) in [5, 5.41) is 28.4. The van der Waals surface area contributed by atoms with Crippen LogP contribution in [0.2, 0.25) is 5.02 Å². The van der Waals surface area contributed by atoms with E-state index in [0.29, 0.717) is 28.5 Å². The van der Waals surface area contributed by atoms with Crippen LogP contribution in [0.25, 0.3) is 23.0 Å². The minimum atomic E-state index is -0.365. The molecule has 3 heterocycles. The average molecular weight is 591 g/mol. The summed E-state index contributed by atoms with van der Waals surface area (Å²) in [5.41, 5.74) is 4.49. The summed E-state index contributed by atoms with van der Waals surface area (Å²) < 4.78 is 6.32. The molecule has 2 atom stereocenters. The molecule has 2 aromatic carbocycles. The zero-order valence-corrected chi connectivity index (χ0v) is 23.7. The number of hydrogen-bond acceptors (Lipinski definition) is 9. The van der Waals surface area contributed by atoms with Crippen molar-refractivity contribution in [3.05, 3.63) is 77.0 Å². The number of aromatic nitrogens is 6. The number of carbonyl (C=O) groups is 2. The molecule has 5 rings (SSSR count). The smallest absolute Gasteiger partial charge is 0.309 e. The molecule has 0 fully saturated rings. The van der Waals surface area contributed by atoms with Crippen molar-refractivity contribution >= 4 is 35.2 Å². The predicted octanol–water partition coefficient (Wildman–Crippen LogP) is 3.64. The summed E-state index contributed by atoms with van der Waals surface area (Å²) in [5.74, 6) is 0.00320. The van der Waals surface area contributed by atoms with E-state index < -0.39 is 0 Å². The molecule has 0 saturated carbocycles. The number of benzene rings is 2. The van der Waals surface area contributed by atoms with Crippen LogP contribution < -0.4 is 10.6 Å². The number of tetrazole rings is 1. The number of methoxy groups -OCH3 is 1. The number of aromatic amines is 1. The Hall–Kier alpha value is -4.55. The molecule has 218 valence electrons. The maximum atomic E-state index is 13.1. The summed E-state index contributed by atoms with van der Waals surface area (Å²) >= 11 is 6.21. The van der Waals surface area contributed by atoms with Crippen molar-refractivity contribution in [1.29, 1.82) is 0 Å². The number of amides is 1. The van der Waals surface area contributed by atoms with Crippen molar-refractivity contribution in [2.24, 2.45) is 0 Å². The molecule has 0 aliphatic carbocycles. The molecule has 1 amide bonds. The summed E-state index contributed by atoms with van der Waals surface area (Å²) in [4.78, 5) is 32.9. The highest BCUT2D eigenvalue weighted by Gasteiger charge is 2.21. The number of aliphatic hydroxyl groups is 1. The molecule has 0 unspecified atom stereocenters. The number of ether oxygens (including phenoxy) is 1. The van der Waals surface area contributed by atoms with Gasteiger partial charge < -0.3 is 25.5 Å². The molecule has 4 N–H and O–H groups in total. The van der Waals surface area contributed by atoms with Crippen LogP contribution in [-0.2, 0) is 20.7 Å². The van der Waals surface area contributed by atoms with Crippen LogP contribution in [0.3, 0.4) is 0 Å². The number of hydrogen-bond donors (Lipinski definition) is 4. The number of fused-ring (bicyclic) bond motifs is 4. The predicted molar refractivity (Wildman–Crippen MR) is 157 cm³/mol. The number of aliphatic hydroxyl groups excluding tert-OH is 1. The van der Waals surface area contributed by atoms with Gasteiger partial charge in [0.05, 0.1) is 43.8 Å². The number of nitrogens with zero attached hydrogens (tertiary/aromatic N) is 5. The standard InChI is InChI=1S/C29H31ClN8O4/c1-42-28(41)13-18-6-9-22-24(12-18)33-21(16-39)4-2-3-5-23(29-31-15-25(22)35-29)34-27(40)11-7-19-14-20(30)8-10-26(19)38-17-32-36-37-38/h6-12,14-15,17,21,23,33,39H,2-5,13,16H2,1H3,(H,31,35)(H,34,40)/b11-7+/t21-,23+/m1/s1. The first-order chi connectivity index (χ1) is 20.4.